The van der Waals surface area contributed by atoms with E-state index in [0.29, 0.717) is 29.1 Å². The lowest BCUT2D eigenvalue weighted by Gasteiger charge is -2.10. The topological polar surface area (TPSA) is 76.7 Å². The molecule has 98 valence electrons. The van der Waals surface area contributed by atoms with E-state index in [4.69, 9.17) is 17.3 Å². The molecule has 0 aromatic carbocycles. The number of nitrogens with one attached hydrogen (secondary N) is 1. The van der Waals surface area contributed by atoms with Crippen molar-refractivity contribution in [3.63, 3.8) is 0 Å². The third-order valence-electron chi connectivity index (χ3n) is 3.02. The molecule has 6 heteroatoms. The average Bonchev–Trinajstić information content (AvgIpc) is 3.26. The summed E-state index contributed by atoms with van der Waals surface area (Å²) in [5.41, 5.74) is 7.21. The fraction of sp³-hybridized carbons (Fsp3) is 0.308. The van der Waals surface area contributed by atoms with Crippen molar-refractivity contribution in [1.82, 2.24) is 15.0 Å². The van der Waals surface area contributed by atoms with Crippen LogP contribution in [0.4, 0.5) is 11.5 Å². The third kappa shape index (κ3) is 2.76. The Morgan fingerprint density at radius 2 is 2.16 bits per heavy atom. The van der Waals surface area contributed by atoms with E-state index in [0.717, 1.165) is 24.4 Å². The van der Waals surface area contributed by atoms with Crippen LogP contribution in [0.2, 0.25) is 5.15 Å². The van der Waals surface area contributed by atoms with Gasteiger partial charge in [0.05, 0.1) is 12.2 Å². The Morgan fingerprint density at radius 3 is 2.84 bits per heavy atom. The minimum Gasteiger partial charge on any atom is -0.393 e. The number of nitrogens with two attached hydrogens (primary N) is 1. The van der Waals surface area contributed by atoms with Gasteiger partial charge in [-0.05, 0) is 25.0 Å². The van der Waals surface area contributed by atoms with Crippen LogP contribution < -0.4 is 11.1 Å². The van der Waals surface area contributed by atoms with Crippen molar-refractivity contribution in [3.8, 4) is 0 Å². The maximum Gasteiger partial charge on any atom is 0.157 e. The second kappa shape index (κ2) is 5.01. The van der Waals surface area contributed by atoms with E-state index in [-0.39, 0.29) is 0 Å². The summed E-state index contributed by atoms with van der Waals surface area (Å²) in [4.78, 5) is 12.9. The molecule has 1 fully saturated rings. The van der Waals surface area contributed by atoms with Gasteiger partial charge >= 0.3 is 0 Å². The van der Waals surface area contributed by atoms with Gasteiger partial charge in [-0.3, -0.25) is 4.98 Å². The molecule has 19 heavy (non-hydrogen) atoms. The van der Waals surface area contributed by atoms with E-state index < -0.39 is 0 Å². The molecule has 3 rings (SSSR count). The molecule has 2 aromatic rings. The Morgan fingerprint density at radius 1 is 1.32 bits per heavy atom. The molecule has 0 atom stereocenters. The Kier molecular flexibility index (Phi) is 3.21. The molecular formula is C13H14ClN5. The summed E-state index contributed by atoms with van der Waals surface area (Å²) in [5, 5.41) is 3.49. The number of halogens is 1. The maximum atomic E-state index is 6.04. The van der Waals surface area contributed by atoms with E-state index in [9.17, 15) is 0 Å². The molecule has 0 aliphatic heterocycles. The summed E-state index contributed by atoms with van der Waals surface area (Å²) in [6.07, 6.45) is 4.00. The van der Waals surface area contributed by atoms with Crippen molar-refractivity contribution < 1.29 is 0 Å². The first-order valence-electron chi connectivity index (χ1n) is 6.20. The summed E-state index contributed by atoms with van der Waals surface area (Å²) < 4.78 is 0. The molecule has 0 saturated heterocycles. The molecule has 0 spiro atoms. The highest BCUT2D eigenvalue weighted by atomic mass is 35.5. The third-order valence-corrected chi connectivity index (χ3v) is 3.31. The lowest BCUT2D eigenvalue weighted by Crippen LogP contribution is -2.09. The van der Waals surface area contributed by atoms with Crippen LogP contribution in [-0.2, 0) is 6.54 Å². The van der Waals surface area contributed by atoms with Gasteiger partial charge < -0.3 is 11.1 Å². The van der Waals surface area contributed by atoms with Crippen LogP contribution in [0.1, 0.15) is 30.3 Å². The quantitative estimate of drug-likeness (QED) is 0.839. The van der Waals surface area contributed by atoms with Crippen molar-refractivity contribution in [3.05, 3.63) is 41.1 Å². The highest BCUT2D eigenvalue weighted by Crippen LogP contribution is 2.40. The monoisotopic (exact) mass is 275 g/mol. The fourth-order valence-electron chi connectivity index (χ4n) is 1.79. The van der Waals surface area contributed by atoms with Crippen LogP contribution in [0.3, 0.4) is 0 Å². The van der Waals surface area contributed by atoms with Gasteiger partial charge in [0.1, 0.15) is 11.5 Å². The van der Waals surface area contributed by atoms with E-state index in [1.807, 2.05) is 18.2 Å². The van der Waals surface area contributed by atoms with E-state index >= 15 is 0 Å². The zero-order valence-corrected chi connectivity index (χ0v) is 11.1. The van der Waals surface area contributed by atoms with Crippen LogP contribution in [0.5, 0.6) is 0 Å². The first kappa shape index (κ1) is 12.2. The number of nitrogens with zero attached hydrogens (tertiary/aromatic N) is 3. The second-order valence-corrected chi connectivity index (χ2v) is 4.94. The SMILES string of the molecule is Nc1c(Cl)nc(C2CC2)nc1NCc1ccccn1. The highest BCUT2D eigenvalue weighted by Gasteiger charge is 2.28. The number of anilines is 2. The molecule has 1 aliphatic rings. The second-order valence-electron chi connectivity index (χ2n) is 4.58. The molecular weight excluding hydrogens is 262 g/mol. The van der Waals surface area contributed by atoms with Gasteiger partial charge in [0.25, 0.3) is 0 Å². The smallest absolute Gasteiger partial charge is 0.157 e. The van der Waals surface area contributed by atoms with Crippen LogP contribution in [0.25, 0.3) is 0 Å². The minimum absolute atomic E-state index is 0.320. The number of rotatable bonds is 4. The highest BCUT2D eigenvalue weighted by molar-refractivity contribution is 6.32. The molecule has 0 bridgehead atoms. The van der Waals surface area contributed by atoms with Gasteiger partial charge in [-0.15, -0.1) is 0 Å². The van der Waals surface area contributed by atoms with Crippen LogP contribution >= 0.6 is 11.6 Å². The molecule has 1 aliphatic carbocycles. The van der Waals surface area contributed by atoms with Crippen LogP contribution in [0.15, 0.2) is 24.4 Å². The number of aromatic nitrogens is 3. The molecule has 0 radical (unpaired) electrons. The Balaban J connectivity index is 1.79. The Labute approximate surface area is 116 Å². The normalized spacial score (nSPS) is 14.4. The van der Waals surface area contributed by atoms with Gasteiger partial charge in [-0.1, -0.05) is 17.7 Å². The largest absolute Gasteiger partial charge is 0.393 e. The zero-order chi connectivity index (χ0) is 13.2. The molecule has 2 aromatic heterocycles. The molecule has 0 unspecified atom stereocenters. The van der Waals surface area contributed by atoms with Gasteiger partial charge in [-0.25, -0.2) is 9.97 Å². The summed E-state index contributed by atoms with van der Waals surface area (Å²) in [6.45, 7) is 0.558. The van der Waals surface area contributed by atoms with Gasteiger partial charge in [0.15, 0.2) is 11.0 Å². The predicted molar refractivity (Wildman–Crippen MR) is 75.0 cm³/mol. The van der Waals surface area contributed by atoms with E-state index in [2.05, 4.69) is 20.3 Å². The van der Waals surface area contributed by atoms with Gasteiger partial charge in [-0.2, -0.15) is 0 Å². The van der Waals surface area contributed by atoms with Crippen molar-refractivity contribution in [2.45, 2.75) is 25.3 Å². The minimum atomic E-state index is 0.320. The zero-order valence-electron chi connectivity index (χ0n) is 10.3. The first-order valence-corrected chi connectivity index (χ1v) is 6.58. The molecule has 1 saturated carbocycles. The fourth-order valence-corrected chi connectivity index (χ4v) is 1.97. The Hall–Kier alpha value is -1.88. The number of pyridine rings is 1. The molecule has 2 heterocycles. The Bertz CT molecular complexity index is 583. The number of nitrogen functional groups attached to an aromatic ring is 1. The van der Waals surface area contributed by atoms with Crippen molar-refractivity contribution in [2.24, 2.45) is 0 Å². The predicted octanol–water partition coefficient (Wildman–Crippen LogP) is 2.60. The summed E-state index contributed by atoms with van der Waals surface area (Å²) in [7, 11) is 0. The van der Waals surface area contributed by atoms with Crippen LogP contribution in [-0.4, -0.2) is 15.0 Å². The molecule has 0 amide bonds. The molecule has 5 nitrogen and oxygen atoms in total. The van der Waals surface area contributed by atoms with Crippen LogP contribution in [0, 0.1) is 0 Å². The van der Waals surface area contributed by atoms with Gasteiger partial charge in [0, 0.05) is 12.1 Å². The standard InChI is InChI=1S/C13H14ClN5/c14-11-10(15)13(19-12(18-11)8-4-5-8)17-7-9-3-1-2-6-16-9/h1-3,6,8H,4-5,7,15H2,(H,17,18,19). The van der Waals surface area contributed by atoms with Crippen molar-refractivity contribution in [1.29, 1.82) is 0 Å². The summed E-state index contributed by atoms with van der Waals surface area (Å²) >= 11 is 6.04. The first-order chi connectivity index (χ1) is 9.24. The number of hydrogen-bond donors (Lipinski definition) is 2. The van der Waals surface area contributed by atoms with Crippen molar-refractivity contribution >= 4 is 23.1 Å². The summed E-state index contributed by atoms with van der Waals surface area (Å²) in [6, 6.07) is 5.76. The van der Waals surface area contributed by atoms with E-state index in [1.54, 1.807) is 6.20 Å². The van der Waals surface area contributed by atoms with Gasteiger partial charge in [0.2, 0.25) is 0 Å². The lowest BCUT2D eigenvalue weighted by molar-refractivity contribution is 0.919. The summed E-state index contributed by atoms with van der Waals surface area (Å²) in [5.74, 6) is 1.81. The average molecular weight is 276 g/mol. The molecule has 3 N–H and O–H groups in total. The van der Waals surface area contributed by atoms with E-state index in [1.165, 1.54) is 0 Å². The maximum absolute atomic E-state index is 6.04. The lowest BCUT2D eigenvalue weighted by atomic mass is 10.3. The van der Waals surface area contributed by atoms with Crippen molar-refractivity contribution in [2.75, 3.05) is 11.1 Å². The number of hydrogen-bond acceptors (Lipinski definition) is 5.